The Morgan fingerprint density at radius 2 is 1.91 bits per heavy atom. The molecule has 0 aromatic heterocycles. The zero-order valence-corrected chi connectivity index (χ0v) is 13.4. The lowest BCUT2D eigenvalue weighted by Gasteiger charge is -2.15. The molecule has 4 nitrogen and oxygen atoms in total. The molecule has 4 heteroatoms. The SMILES string of the molecule is C=CC(=O)NCC1CC1.C=CCN(CC#CCC)C(=O)C=C. The molecule has 0 aromatic rings. The van der Waals surface area contributed by atoms with Crippen LogP contribution in [0.1, 0.15) is 26.2 Å². The van der Waals surface area contributed by atoms with E-state index in [1.165, 1.54) is 25.0 Å². The molecule has 0 spiro atoms. The second-order valence-electron chi connectivity index (χ2n) is 4.81. The zero-order chi connectivity index (χ0) is 16.8. The highest BCUT2D eigenvalue weighted by Gasteiger charge is 2.20. The van der Waals surface area contributed by atoms with Gasteiger partial charge in [-0.2, -0.15) is 0 Å². The predicted molar refractivity (Wildman–Crippen MR) is 91.0 cm³/mol. The molecule has 22 heavy (non-hydrogen) atoms. The monoisotopic (exact) mass is 302 g/mol. The highest BCUT2D eigenvalue weighted by molar-refractivity contribution is 5.87. The molecule has 0 radical (unpaired) electrons. The Kier molecular flexibility index (Phi) is 11.2. The highest BCUT2D eigenvalue weighted by Crippen LogP contribution is 2.27. The third kappa shape index (κ3) is 10.5. The van der Waals surface area contributed by atoms with Gasteiger partial charge in [-0.1, -0.05) is 32.1 Å². The Bertz CT molecular complexity index is 453. The molecule has 1 aliphatic rings. The molecule has 0 heterocycles. The van der Waals surface area contributed by atoms with Crippen molar-refractivity contribution in [2.45, 2.75) is 26.2 Å². The number of carbonyl (C=O) groups excluding carboxylic acids is 2. The molecular weight excluding hydrogens is 276 g/mol. The summed E-state index contributed by atoms with van der Waals surface area (Å²) in [4.78, 5) is 23.3. The maximum absolute atomic E-state index is 11.2. The van der Waals surface area contributed by atoms with Crippen LogP contribution >= 0.6 is 0 Å². The summed E-state index contributed by atoms with van der Waals surface area (Å²) in [6.45, 7) is 14.1. The highest BCUT2D eigenvalue weighted by atomic mass is 16.2. The van der Waals surface area contributed by atoms with Gasteiger partial charge in [0, 0.05) is 19.5 Å². The van der Waals surface area contributed by atoms with Gasteiger partial charge in [-0.05, 0) is 30.9 Å². The number of rotatable bonds is 7. The fourth-order valence-corrected chi connectivity index (χ4v) is 1.43. The van der Waals surface area contributed by atoms with Crippen LogP contribution < -0.4 is 5.32 Å². The Morgan fingerprint density at radius 1 is 1.23 bits per heavy atom. The Morgan fingerprint density at radius 3 is 2.36 bits per heavy atom. The molecule has 1 saturated carbocycles. The van der Waals surface area contributed by atoms with Crippen molar-refractivity contribution < 1.29 is 9.59 Å². The molecule has 0 aromatic carbocycles. The predicted octanol–water partition coefficient (Wildman–Crippen LogP) is 2.30. The Hall–Kier alpha value is -2.28. The minimum atomic E-state index is -0.106. The first-order valence-electron chi connectivity index (χ1n) is 7.47. The zero-order valence-electron chi connectivity index (χ0n) is 13.4. The summed E-state index contributed by atoms with van der Waals surface area (Å²) in [5.41, 5.74) is 0. The number of nitrogens with one attached hydrogen (secondary N) is 1. The van der Waals surface area contributed by atoms with Crippen LogP contribution in [0, 0.1) is 17.8 Å². The van der Waals surface area contributed by atoms with Gasteiger partial charge in [0.15, 0.2) is 0 Å². The molecule has 2 amide bonds. The normalized spacial score (nSPS) is 11.7. The summed E-state index contributed by atoms with van der Waals surface area (Å²) in [5.74, 6) is 6.40. The molecule has 0 bridgehead atoms. The lowest BCUT2D eigenvalue weighted by Crippen LogP contribution is -2.29. The largest absolute Gasteiger partial charge is 0.352 e. The van der Waals surface area contributed by atoms with Crippen molar-refractivity contribution in [3.05, 3.63) is 38.0 Å². The van der Waals surface area contributed by atoms with Gasteiger partial charge in [-0.25, -0.2) is 0 Å². The van der Waals surface area contributed by atoms with Gasteiger partial charge < -0.3 is 10.2 Å². The third-order valence-corrected chi connectivity index (χ3v) is 2.85. The Labute approximate surface area is 134 Å². The first kappa shape index (κ1) is 19.7. The summed E-state index contributed by atoms with van der Waals surface area (Å²) in [6.07, 6.45) is 7.63. The lowest BCUT2D eigenvalue weighted by atomic mass is 10.4. The van der Waals surface area contributed by atoms with Gasteiger partial charge in [0.05, 0.1) is 6.54 Å². The number of amides is 2. The van der Waals surface area contributed by atoms with Crippen LogP contribution in [-0.2, 0) is 9.59 Å². The molecule has 0 unspecified atom stereocenters. The number of carbonyl (C=O) groups is 2. The first-order valence-corrected chi connectivity index (χ1v) is 7.47. The average Bonchev–Trinajstić information content (AvgIpc) is 3.36. The fraction of sp³-hybridized carbons (Fsp3) is 0.444. The number of nitrogens with zero attached hydrogens (tertiary/aromatic N) is 1. The maximum Gasteiger partial charge on any atom is 0.247 e. The third-order valence-electron chi connectivity index (χ3n) is 2.85. The van der Waals surface area contributed by atoms with Gasteiger partial charge in [0.25, 0.3) is 0 Å². The van der Waals surface area contributed by atoms with Crippen molar-refractivity contribution >= 4 is 11.8 Å². The van der Waals surface area contributed by atoms with E-state index in [4.69, 9.17) is 0 Å². The Balaban J connectivity index is 0.000000425. The molecular formula is C18H26N2O2. The molecule has 1 fully saturated rings. The van der Waals surface area contributed by atoms with Crippen LogP contribution in [-0.4, -0.2) is 36.3 Å². The van der Waals surface area contributed by atoms with E-state index in [1.807, 2.05) is 6.92 Å². The van der Waals surface area contributed by atoms with Crippen molar-refractivity contribution in [3.63, 3.8) is 0 Å². The van der Waals surface area contributed by atoms with E-state index in [0.717, 1.165) is 18.9 Å². The van der Waals surface area contributed by atoms with Crippen molar-refractivity contribution in [1.82, 2.24) is 10.2 Å². The summed E-state index contributed by atoms with van der Waals surface area (Å²) in [5, 5.41) is 2.74. The van der Waals surface area contributed by atoms with Crippen molar-refractivity contribution in [2.75, 3.05) is 19.6 Å². The van der Waals surface area contributed by atoms with Gasteiger partial charge in [-0.15, -0.1) is 12.5 Å². The van der Waals surface area contributed by atoms with Crippen LogP contribution in [0.15, 0.2) is 38.0 Å². The maximum atomic E-state index is 11.2. The lowest BCUT2D eigenvalue weighted by molar-refractivity contribution is -0.125. The summed E-state index contributed by atoms with van der Waals surface area (Å²) < 4.78 is 0. The van der Waals surface area contributed by atoms with Crippen molar-refractivity contribution in [2.24, 2.45) is 5.92 Å². The molecule has 0 atom stereocenters. The van der Waals surface area contributed by atoms with Crippen LogP contribution in [0.3, 0.4) is 0 Å². The summed E-state index contributed by atoms with van der Waals surface area (Å²) in [7, 11) is 0. The van der Waals surface area contributed by atoms with Gasteiger partial charge in [-0.3, -0.25) is 9.59 Å². The summed E-state index contributed by atoms with van der Waals surface area (Å²) in [6, 6.07) is 0. The molecule has 1 rings (SSSR count). The van der Waals surface area contributed by atoms with E-state index in [-0.39, 0.29) is 11.8 Å². The number of hydrogen-bond acceptors (Lipinski definition) is 2. The van der Waals surface area contributed by atoms with Crippen LogP contribution in [0.2, 0.25) is 0 Å². The van der Waals surface area contributed by atoms with E-state index >= 15 is 0 Å². The molecule has 1 N–H and O–H groups in total. The fourth-order valence-electron chi connectivity index (χ4n) is 1.43. The molecule has 120 valence electrons. The van der Waals surface area contributed by atoms with Gasteiger partial charge in [0.2, 0.25) is 11.8 Å². The van der Waals surface area contributed by atoms with E-state index < -0.39 is 0 Å². The van der Waals surface area contributed by atoms with Gasteiger partial charge >= 0.3 is 0 Å². The van der Waals surface area contributed by atoms with E-state index in [0.29, 0.717) is 13.1 Å². The van der Waals surface area contributed by atoms with Crippen LogP contribution in [0.5, 0.6) is 0 Å². The van der Waals surface area contributed by atoms with E-state index in [9.17, 15) is 9.59 Å². The first-order chi connectivity index (χ1) is 10.6. The second-order valence-corrected chi connectivity index (χ2v) is 4.81. The average molecular weight is 302 g/mol. The van der Waals surface area contributed by atoms with Crippen LogP contribution in [0.4, 0.5) is 0 Å². The second kappa shape index (κ2) is 12.5. The van der Waals surface area contributed by atoms with Crippen LogP contribution in [0.25, 0.3) is 0 Å². The summed E-state index contributed by atoms with van der Waals surface area (Å²) >= 11 is 0. The van der Waals surface area contributed by atoms with Crippen molar-refractivity contribution in [3.8, 4) is 11.8 Å². The van der Waals surface area contributed by atoms with Crippen molar-refractivity contribution in [1.29, 1.82) is 0 Å². The quantitative estimate of drug-likeness (QED) is 0.446. The standard InChI is InChI=1S/C11H15NO.C7H11NO/c1-4-7-8-10-12(9-5-2)11(13)6-3;1-2-7(9)8-5-6-3-4-6/h5-6H,2-4,9-10H2,1H3;2,6H,1,3-5H2,(H,8,9). The smallest absolute Gasteiger partial charge is 0.247 e. The molecule has 0 saturated heterocycles. The van der Waals surface area contributed by atoms with E-state index in [1.54, 1.807) is 11.0 Å². The minimum absolute atomic E-state index is 0.0538. The van der Waals surface area contributed by atoms with E-state index in [2.05, 4.69) is 36.9 Å². The van der Waals surface area contributed by atoms with Gasteiger partial charge in [0.1, 0.15) is 0 Å². The topological polar surface area (TPSA) is 49.4 Å². The molecule has 0 aliphatic heterocycles. The molecule has 1 aliphatic carbocycles. The number of hydrogen-bond donors (Lipinski definition) is 1. The minimum Gasteiger partial charge on any atom is -0.352 e.